The van der Waals surface area contributed by atoms with Crippen LogP contribution in [0, 0.1) is 0 Å². The molecule has 0 bridgehead atoms. The van der Waals surface area contributed by atoms with Crippen LogP contribution in [0.25, 0.3) is 0 Å². The Bertz CT molecular complexity index is 539. The molecule has 1 heterocycles. The molecule has 22 heavy (non-hydrogen) atoms. The molecule has 120 valence electrons. The second-order valence-electron chi connectivity index (χ2n) is 4.87. The number of hydrogen-bond donors (Lipinski definition) is 0. The smallest absolute Gasteiger partial charge is 0 e. The normalized spacial score (nSPS) is 12.9. The average Bonchev–Trinajstić information content (AvgIpc) is 3.15. The first-order valence-electron chi connectivity index (χ1n) is 6.81. The van der Waals surface area contributed by atoms with E-state index in [1.54, 1.807) is 20.0 Å². The van der Waals surface area contributed by atoms with E-state index in [4.69, 9.17) is 25.3 Å². The van der Waals surface area contributed by atoms with Gasteiger partial charge in [0.1, 0.15) is 0 Å². The van der Waals surface area contributed by atoms with Crippen LogP contribution in [0.5, 0.6) is 0 Å². The van der Waals surface area contributed by atoms with Crippen LogP contribution in [0.1, 0.15) is 27.7 Å². The molecule has 1 aliphatic rings. The van der Waals surface area contributed by atoms with Gasteiger partial charge in [0.25, 0.3) is 0 Å². The second-order valence-corrected chi connectivity index (χ2v) is 9.48. The standard InChI is InChI=1S/C8H12Ge.2C5H4S.Fe/c1-5-6(2)8(4)9-7(5)3;2*6-5-3-1-2-4-5;/h1-4H3;2*1-4H;/q;2*-2;. The van der Waals surface area contributed by atoms with Gasteiger partial charge >= 0.3 is 63.1 Å². The van der Waals surface area contributed by atoms with E-state index in [2.05, 4.69) is 27.7 Å². The molecule has 0 fully saturated rings. The van der Waals surface area contributed by atoms with E-state index in [1.807, 2.05) is 48.5 Å². The van der Waals surface area contributed by atoms with E-state index in [9.17, 15) is 0 Å². The van der Waals surface area contributed by atoms with Crippen LogP contribution >= 0.6 is 0 Å². The Kier molecular flexibility index (Phi) is 11.1. The van der Waals surface area contributed by atoms with Gasteiger partial charge in [-0.2, -0.15) is 0 Å². The van der Waals surface area contributed by atoms with Crippen molar-refractivity contribution in [3.05, 3.63) is 68.5 Å². The fourth-order valence-electron chi connectivity index (χ4n) is 1.74. The second kappa shape index (κ2) is 11.3. The molecular weight excluding hydrogens is 409 g/mol. The van der Waals surface area contributed by atoms with Crippen LogP contribution in [0.4, 0.5) is 0 Å². The van der Waals surface area contributed by atoms with Crippen molar-refractivity contribution in [2.75, 3.05) is 0 Å². The molecule has 0 saturated carbocycles. The molecule has 0 aliphatic carbocycles. The van der Waals surface area contributed by atoms with Crippen molar-refractivity contribution >= 4 is 40.7 Å². The Morgan fingerprint density at radius 1 is 0.682 bits per heavy atom. The summed E-state index contributed by atoms with van der Waals surface area (Å²) in [6.45, 7) is 9.03. The first-order chi connectivity index (χ1) is 9.91. The SMILES string of the molecule is C[C]1=C(C)C(C)=[C](C)[Ge]1.[Fe].[S-][c-]1cccc1.[S-][c-]1cccc1. The fraction of sp³-hybridized carbons (Fsp3) is 0.222. The fourth-order valence-corrected chi connectivity index (χ4v) is 4.81. The van der Waals surface area contributed by atoms with Gasteiger partial charge in [0.05, 0.1) is 0 Å². The third-order valence-electron chi connectivity index (χ3n) is 3.33. The van der Waals surface area contributed by atoms with E-state index in [0.29, 0.717) is 0 Å². The molecule has 0 N–H and O–H groups in total. The largest absolute Gasteiger partial charge is 0.859 e. The average molecular weight is 429 g/mol. The Morgan fingerprint density at radius 3 is 1.05 bits per heavy atom. The van der Waals surface area contributed by atoms with Crippen molar-refractivity contribution in [1.29, 1.82) is 0 Å². The van der Waals surface area contributed by atoms with E-state index in [-0.39, 0.29) is 32.5 Å². The zero-order valence-electron chi connectivity index (χ0n) is 13.3. The van der Waals surface area contributed by atoms with Gasteiger partial charge in [-0.15, -0.1) is 0 Å². The van der Waals surface area contributed by atoms with Gasteiger partial charge in [0.15, 0.2) is 0 Å². The minimum absolute atomic E-state index is 0. The van der Waals surface area contributed by atoms with E-state index in [1.165, 1.54) is 0 Å². The van der Waals surface area contributed by atoms with Gasteiger partial charge in [0.2, 0.25) is 0 Å². The van der Waals surface area contributed by atoms with Gasteiger partial charge in [0, 0.05) is 17.1 Å². The summed E-state index contributed by atoms with van der Waals surface area (Å²) in [7, 11) is 0. The topological polar surface area (TPSA) is 0 Å². The molecule has 0 atom stereocenters. The molecule has 0 nitrogen and oxygen atoms in total. The predicted octanol–water partition coefficient (Wildman–Crippen LogP) is 4.91. The third-order valence-corrected chi connectivity index (χ3v) is 7.02. The maximum atomic E-state index is 4.75. The molecule has 3 rings (SSSR count). The molecule has 2 aromatic carbocycles. The van der Waals surface area contributed by atoms with Gasteiger partial charge in [-0.3, -0.25) is 9.79 Å². The van der Waals surface area contributed by atoms with Crippen molar-refractivity contribution in [1.82, 2.24) is 0 Å². The molecule has 1 aliphatic heterocycles. The van der Waals surface area contributed by atoms with Crippen LogP contribution in [0.2, 0.25) is 0 Å². The van der Waals surface area contributed by atoms with Crippen LogP contribution in [-0.2, 0) is 42.3 Å². The third kappa shape index (κ3) is 7.80. The van der Waals surface area contributed by atoms with Crippen molar-refractivity contribution in [2.24, 2.45) is 0 Å². The molecule has 2 radical (unpaired) electrons. The summed E-state index contributed by atoms with van der Waals surface area (Å²) in [5.74, 6) is 0. The molecule has 0 unspecified atom stereocenters. The minimum Gasteiger partial charge on any atom is -0.859 e. The van der Waals surface area contributed by atoms with Crippen molar-refractivity contribution in [2.45, 2.75) is 37.5 Å². The summed E-state index contributed by atoms with van der Waals surface area (Å²) >= 11 is 9.66. The van der Waals surface area contributed by atoms with E-state index >= 15 is 0 Å². The molecule has 0 aromatic heterocycles. The molecule has 0 amide bonds. The maximum absolute atomic E-state index is 4.75. The van der Waals surface area contributed by atoms with Crippen LogP contribution in [-0.4, -0.2) is 15.4 Å². The van der Waals surface area contributed by atoms with Gasteiger partial charge in [-0.25, -0.2) is 48.5 Å². The molecule has 0 saturated heterocycles. The van der Waals surface area contributed by atoms with Crippen LogP contribution in [0.3, 0.4) is 0 Å². The number of hydrogen-bond acceptors (Lipinski definition) is 2. The van der Waals surface area contributed by atoms with E-state index < -0.39 is 0 Å². The Balaban J connectivity index is 0.000000303. The van der Waals surface area contributed by atoms with Gasteiger partial charge in [-0.1, -0.05) is 0 Å². The monoisotopic (exact) mass is 430 g/mol. The molecular formula is C18H20FeGeS2-4. The van der Waals surface area contributed by atoms with Gasteiger partial charge < -0.3 is 25.3 Å². The van der Waals surface area contributed by atoms with Crippen molar-refractivity contribution in [3.8, 4) is 0 Å². The maximum Gasteiger partial charge on any atom is 0 e. The summed E-state index contributed by atoms with van der Waals surface area (Å²) in [5, 5.41) is 0. The minimum atomic E-state index is 0. The number of allylic oxidation sites excluding steroid dienone is 4. The van der Waals surface area contributed by atoms with Crippen LogP contribution in [0.15, 0.2) is 78.3 Å². The zero-order chi connectivity index (χ0) is 15.8. The Hall–Kier alpha value is -0.318. The molecule has 4 heteroatoms. The molecule has 0 spiro atoms. The first-order valence-corrected chi connectivity index (χ1v) is 9.73. The number of rotatable bonds is 0. The predicted molar refractivity (Wildman–Crippen MR) is 97.8 cm³/mol. The summed E-state index contributed by atoms with van der Waals surface area (Å²) in [6.07, 6.45) is 0. The zero-order valence-corrected chi connectivity index (χ0v) is 18.1. The summed E-state index contributed by atoms with van der Waals surface area (Å²) in [4.78, 5) is 1.85. The van der Waals surface area contributed by atoms with Crippen molar-refractivity contribution in [3.63, 3.8) is 0 Å². The van der Waals surface area contributed by atoms with E-state index in [0.717, 1.165) is 9.79 Å². The summed E-state index contributed by atoms with van der Waals surface area (Å²) in [5.41, 5.74) is 3.13. The Labute approximate surface area is 163 Å². The Morgan fingerprint density at radius 2 is 0.955 bits per heavy atom. The quantitative estimate of drug-likeness (QED) is 0.332. The molecule has 2 aromatic rings. The van der Waals surface area contributed by atoms with Crippen molar-refractivity contribution < 1.29 is 17.1 Å². The first kappa shape index (κ1) is 21.7. The van der Waals surface area contributed by atoms with Crippen LogP contribution < -0.4 is 0 Å². The van der Waals surface area contributed by atoms with Gasteiger partial charge in [-0.05, 0) is 0 Å². The summed E-state index contributed by atoms with van der Waals surface area (Å²) < 4.78 is 3.34. The summed E-state index contributed by atoms with van der Waals surface area (Å²) in [6, 6.07) is 15.3.